The monoisotopic (exact) mass is 364 g/mol. The van der Waals surface area contributed by atoms with Crippen molar-refractivity contribution in [1.29, 1.82) is 0 Å². The maximum absolute atomic E-state index is 12.2. The zero-order valence-electron chi connectivity index (χ0n) is 15.0. The smallest absolute Gasteiger partial charge is 0.272 e. The lowest BCUT2D eigenvalue weighted by molar-refractivity contribution is -0.385. The minimum atomic E-state index is -0.452. The summed E-state index contributed by atoms with van der Waals surface area (Å²) in [4.78, 5) is 27.0. The van der Waals surface area contributed by atoms with Gasteiger partial charge in [-0.3, -0.25) is 14.9 Å². The Kier molecular flexibility index (Phi) is 5.61. The van der Waals surface area contributed by atoms with Crippen LogP contribution in [0.15, 0.2) is 60.9 Å². The number of benzene rings is 2. The minimum Gasteiger partial charge on any atom is -0.352 e. The van der Waals surface area contributed by atoms with Crippen molar-refractivity contribution in [2.45, 2.75) is 19.9 Å². The van der Waals surface area contributed by atoms with Gasteiger partial charge in [0.25, 0.3) is 11.6 Å². The maximum Gasteiger partial charge on any atom is 0.272 e. The van der Waals surface area contributed by atoms with Crippen molar-refractivity contribution in [2.75, 3.05) is 6.54 Å². The number of carbonyl (C=O) groups is 1. The van der Waals surface area contributed by atoms with Crippen LogP contribution < -0.4 is 5.32 Å². The van der Waals surface area contributed by atoms with Gasteiger partial charge >= 0.3 is 0 Å². The zero-order chi connectivity index (χ0) is 19.2. The van der Waals surface area contributed by atoms with Gasteiger partial charge in [-0.1, -0.05) is 30.3 Å². The van der Waals surface area contributed by atoms with Gasteiger partial charge in [-0.15, -0.1) is 0 Å². The minimum absolute atomic E-state index is 0.0140. The van der Waals surface area contributed by atoms with E-state index in [1.165, 1.54) is 18.2 Å². The third kappa shape index (κ3) is 4.38. The molecule has 0 aliphatic rings. The Hall–Kier alpha value is -3.48. The molecule has 3 rings (SSSR count). The molecule has 0 unspecified atom stereocenters. The number of amides is 1. The average Bonchev–Trinajstić information content (AvgIpc) is 3.14. The summed E-state index contributed by atoms with van der Waals surface area (Å²) in [6.07, 6.45) is 4.43. The molecule has 1 amide bonds. The quantitative estimate of drug-likeness (QED) is 0.394. The van der Waals surface area contributed by atoms with Crippen LogP contribution >= 0.6 is 0 Å². The van der Waals surface area contributed by atoms with Gasteiger partial charge in [-0.2, -0.15) is 0 Å². The molecule has 0 atom stereocenters. The largest absolute Gasteiger partial charge is 0.352 e. The van der Waals surface area contributed by atoms with Crippen molar-refractivity contribution in [3.05, 3.63) is 82.2 Å². The molecule has 0 bridgehead atoms. The summed E-state index contributed by atoms with van der Waals surface area (Å²) in [5.74, 6) is 0.662. The van der Waals surface area contributed by atoms with Crippen LogP contribution in [0, 0.1) is 17.0 Å². The van der Waals surface area contributed by atoms with E-state index in [1.807, 2.05) is 36.5 Å². The second-order valence-electron chi connectivity index (χ2n) is 6.18. The van der Waals surface area contributed by atoms with Crippen LogP contribution in [0.5, 0.6) is 0 Å². The summed E-state index contributed by atoms with van der Waals surface area (Å²) < 4.78 is 2.05. The molecule has 3 aromatic rings. The molecule has 1 heterocycles. The molecule has 0 aliphatic carbocycles. The van der Waals surface area contributed by atoms with E-state index in [2.05, 4.69) is 14.9 Å². The molecule has 2 aromatic carbocycles. The summed E-state index contributed by atoms with van der Waals surface area (Å²) in [6.45, 7) is 2.85. The number of carbonyl (C=O) groups excluding carboxylic acids is 1. The number of nitro groups is 1. The van der Waals surface area contributed by atoms with Gasteiger partial charge in [0.05, 0.1) is 4.92 Å². The van der Waals surface area contributed by atoms with Gasteiger partial charge < -0.3 is 9.88 Å². The van der Waals surface area contributed by atoms with E-state index in [-0.39, 0.29) is 11.6 Å². The Labute approximate surface area is 156 Å². The van der Waals surface area contributed by atoms with E-state index in [0.717, 1.165) is 24.4 Å². The normalized spacial score (nSPS) is 10.6. The number of aryl methyl sites for hydroxylation is 2. The first-order valence-electron chi connectivity index (χ1n) is 8.66. The summed E-state index contributed by atoms with van der Waals surface area (Å²) in [5, 5.41) is 13.7. The molecular weight excluding hydrogens is 344 g/mol. The molecule has 1 aromatic heterocycles. The molecule has 138 valence electrons. The highest BCUT2D eigenvalue weighted by Crippen LogP contribution is 2.19. The van der Waals surface area contributed by atoms with Crippen LogP contribution in [0.25, 0.3) is 11.4 Å². The third-order valence-electron chi connectivity index (χ3n) is 4.26. The predicted octanol–water partition coefficient (Wildman–Crippen LogP) is 3.59. The lowest BCUT2D eigenvalue weighted by Gasteiger charge is -2.09. The number of nitro benzene ring substituents is 1. The molecule has 0 saturated carbocycles. The molecular formula is C20H20N4O3. The second-order valence-corrected chi connectivity index (χ2v) is 6.18. The Balaban J connectivity index is 1.54. The van der Waals surface area contributed by atoms with Gasteiger partial charge in [0, 0.05) is 48.2 Å². The van der Waals surface area contributed by atoms with Gasteiger partial charge in [-0.25, -0.2) is 4.98 Å². The van der Waals surface area contributed by atoms with E-state index < -0.39 is 4.92 Å². The van der Waals surface area contributed by atoms with E-state index in [9.17, 15) is 14.9 Å². The second kappa shape index (κ2) is 8.27. The fraction of sp³-hybridized carbons (Fsp3) is 0.200. The van der Waals surface area contributed by atoms with Gasteiger partial charge in [0.1, 0.15) is 5.82 Å². The SMILES string of the molecule is Cc1cc(C(=O)NCCCn2ccnc2-c2ccccc2)ccc1[N+](=O)[O-]. The summed E-state index contributed by atoms with van der Waals surface area (Å²) in [5.41, 5.74) is 1.96. The number of imidazole rings is 1. The first-order chi connectivity index (χ1) is 13.1. The Morgan fingerprint density at radius 3 is 2.70 bits per heavy atom. The molecule has 7 heteroatoms. The van der Waals surface area contributed by atoms with Gasteiger partial charge in [0.2, 0.25) is 0 Å². The van der Waals surface area contributed by atoms with Gasteiger partial charge in [-0.05, 0) is 25.5 Å². The number of hydrogen-bond donors (Lipinski definition) is 1. The molecule has 0 radical (unpaired) electrons. The number of rotatable bonds is 7. The Bertz CT molecular complexity index is 951. The molecule has 7 nitrogen and oxygen atoms in total. The van der Waals surface area contributed by atoms with Crippen LogP contribution in [0.2, 0.25) is 0 Å². The number of nitrogens with one attached hydrogen (secondary N) is 1. The molecule has 0 spiro atoms. The highest BCUT2D eigenvalue weighted by molar-refractivity contribution is 5.94. The highest BCUT2D eigenvalue weighted by atomic mass is 16.6. The molecule has 1 N–H and O–H groups in total. The van der Waals surface area contributed by atoms with Crippen molar-refractivity contribution in [1.82, 2.24) is 14.9 Å². The lowest BCUT2D eigenvalue weighted by atomic mass is 10.1. The van der Waals surface area contributed by atoms with E-state index in [1.54, 1.807) is 13.1 Å². The average molecular weight is 364 g/mol. The summed E-state index contributed by atoms with van der Waals surface area (Å²) in [7, 11) is 0. The van der Waals surface area contributed by atoms with Crippen LogP contribution in [0.3, 0.4) is 0 Å². The predicted molar refractivity (Wildman–Crippen MR) is 102 cm³/mol. The molecule has 0 saturated heterocycles. The molecule has 0 fully saturated rings. The molecule has 27 heavy (non-hydrogen) atoms. The van der Waals surface area contributed by atoms with Crippen molar-refractivity contribution >= 4 is 11.6 Å². The number of nitrogens with zero attached hydrogens (tertiary/aromatic N) is 3. The van der Waals surface area contributed by atoms with Crippen molar-refractivity contribution in [3.63, 3.8) is 0 Å². The third-order valence-corrected chi connectivity index (χ3v) is 4.26. The van der Waals surface area contributed by atoms with Crippen molar-refractivity contribution < 1.29 is 9.72 Å². The first kappa shape index (κ1) is 18.3. The van der Waals surface area contributed by atoms with Crippen LogP contribution in [-0.2, 0) is 6.54 Å². The van der Waals surface area contributed by atoms with Crippen molar-refractivity contribution in [3.8, 4) is 11.4 Å². The topological polar surface area (TPSA) is 90.1 Å². The standard InChI is InChI=1S/C20H20N4O3/c1-15-14-17(8-9-18(15)24(26)27)20(25)22-10-5-12-23-13-11-21-19(23)16-6-3-2-4-7-16/h2-4,6-9,11,13-14H,5,10,12H2,1H3,(H,22,25). The van der Waals surface area contributed by atoms with Crippen molar-refractivity contribution in [2.24, 2.45) is 0 Å². The summed E-state index contributed by atoms with van der Waals surface area (Å²) >= 11 is 0. The highest BCUT2D eigenvalue weighted by Gasteiger charge is 2.13. The lowest BCUT2D eigenvalue weighted by Crippen LogP contribution is -2.25. The fourth-order valence-corrected chi connectivity index (χ4v) is 2.89. The number of hydrogen-bond acceptors (Lipinski definition) is 4. The van der Waals surface area contributed by atoms with Crippen LogP contribution in [0.4, 0.5) is 5.69 Å². The van der Waals surface area contributed by atoms with E-state index >= 15 is 0 Å². The zero-order valence-corrected chi connectivity index (χ0v) is 15.0. The number of aromatic nitrogens is 2. The van der Waals surface area contributed by atoms with Crippen LogP contribution in [-0.4, -0.2) is 26.9 Å². The fourth-order valence-electron chi connectivity index (χ4n) is 2.89. The van der Waals surface area contributed by atoms with E-state index in [0.29, 0.717) is 17.7 Å². The van der Waals surface area contributed by atoms with Gasteiger partial charge in [0.15, 0.2) is 0 Å². The maximum atomic E-state index is 12.2. The van der Waals surface area contributed by atoms with Crippen LogP contribution in [0.1, 0.15) is 22.3 Å². The molecule has 0 aliphatic heterocycles. The Morgan fingerprint density at radius 1 is 1.22 bits per heavy atom. The van der Waals surface area contributed by atoms with E-state index in [4.69, 9.17) is 0 Å². The first-order valence-corrected chi connectivity index (χ1v) is 8.66. The Morgan fingerprint density at radius 2 is 2.00 bits per heavy atom. The summed E-state index contributed by atoms with van der Waals surface area (Å²) in [6, 6.07) is 14.3.